The highest BCUT2D eigenvalue weighted by molar-refractivity contribution is 9.10. The van der Waals surface area contributed by atoms with Gasteiger partial charge in [-0.25, -0.2) is 0 Å². The second-order valence-electron chi connectivity index (χ2n) is 4.39. The van der Waals surface area contributed by atoms with E-state index in [9.17, 15) is 4.79 Å². The monoisotopic (exact) mass is 317 g/mol. The molecular weight excluding hydrogens is 306 g/mol. The Labute approximate surface area is 119 Å². The van der Waals surface area contributed by atoms with Gasteiger partial charge in [0, 0.05) is 10.9 Å². The Hall–Kier alpha value is -1.81. The maximum Gasteiger partial charge on any atom is 0.265 e. The molecule has 3 rings (SSSR count). The van der Waals surface area contributed by atoms with E-state index in [2.05, 4.69) is 21.2 Å². The topological polar surface area (TPSA) is 38.3 Å². The lowest BCUT2D eigenvalue weighted by Gasteiger charge is -2.12. The molecule has 0 saturated heterocycles. The Kier molecular flexibility index (Phi) is 3.25. The summed E-state index contributed by atoms with van der Waals surface area (Å²) in [5.41, 5.74) is 1.84. The van der Waals surface area contributed by atoms with Gasteiger partial charge in [0.2, 0.25) is 0 Å². The molecule has 19 heavy (non-hydrogen) atoms. The molecule has 0 bridgehead atoms. The molecule has 1 heterocycles. The zero-order chi connectivity index (χ0) is 13.2. The molecule has 3 nitrogen and oxygen atoms in total. The third kappa shape index (κ3) is 2.49. The standard InChI is InChI=1S/C15H12BrNO2/c16-11-6-2-3-7-12(11)17-15(18)14-9-10-5-1-4-8-13(10)19-14/h1-8,14H,9H2,(H,17,18)/t14-/m0/s1. The van der Waals surface area contributed by atoms with Gasteiger partial charge in [-0.05, 0) is 39.7 Å². The second kappa shape index (κ2) is 5.05. The number of carbonyl (C=O) groups is 1. The highest BCUT2D eigenvalue weighted by Gasteiger charge is 2.28. The van der Waals surface area contributed by atoms with E-state index in [0.29, 0.717) is 6.42 Å². The molecule has 0 unspecified atom stereocenters. The number of halogens is 1. The van der Waals surface area contributed by atoms with E-state index in [0.717, 1.165) is 21.5 Å². The number of benzene rings is 2. The van der Waals surface area contributed by atoms with Gasteiger partial charge in [0.25, 0.3) is 5.91 Å². The van der Waals surface area contributed by atoms with Gasteiger partial charge in [-0.1, -0.05) is 30.3 Å². The van der Waals surface area contributed by atoms with Crippen LogP contribution < -0.4 is 10.1 Å². The molecule has 2 aromatic carbocycles. The van der Waals surface area contributed by atoms with E-state index >= 15 is 0 Å². The minimum atomic E-state index is -0.454. The SMILES string of the molecule is O=C(Nc1ccccc1Br)[C@@H]1Cc2ccccc2O1. The van der Waals surface area contributed by atoms with Gasteiger partial charge in [-0.2, -0.15) is 0 Å². The lowest BCUT2D eigenvalue weighted by Crippen LogP contribution is -2.31. The maximum absolute atomic E-state index is 12.2. The van der Waals surface area contributed by atoms with E-state index in [1.54, 1.807) is 0 Å². The molecule has 0 aliphatic carbocycles. The molecule has 4 heteroatoms. The molecule has 1 N–H and O–H groups in total. The number of para-hydroxylation sites is 2. The van der Waals surface area contributed by atoms with Crippen LogP contribution in [0.25, 0.3) is 0 Å². The van der Waals surface area contributed by atoms with Crippen LogP contribution in [0.3, 0.4) is 0 Å². The molecular formula is C15H12BrNO2. The van der Waals surface area contributed by atoms with Gasteiger partial charge in [-0.3, -0.25) is 4.79 Å². The Morgan fingerprint density at radius 2 is 1.89 bits per heavy atom. The Morgan fingerprint density at radius 3 is 2.68 bits per heavy atom. The number of ether oxygens (including phenoxy) is 1. The highest BCUT2D eigenvalue weighted by atomic mass is 79.9. The summed E-state index contributed by atoms with van der Waals surface area (Å²) < 4.78 is 6.51. The number of fused-ring (bicyclic) bond motifs is 1. The van der Waals surface area contributed by atoms with Gasteiger partial charge in [-0.15, -0.1) is 0 Å². The van der Waals surface area contributed by atoms with E-state index in [1.807, 2.05) is 48.5 Å². The number of anilines is 1. The van der Waals surface area contributed by atoms with Crippen molar-refractivity contribution in [3.8, 4) is 5.75 Å². The molecule has 1 aliphatic rings. The summed E-state index contributed by atoms with van der Waals surface area (Å²) in [4.78, 5) is 12.2. The molecule has 96 valence electrons. The zero-order valence-corrected chi connectivity index (χ0v) is 11.7. The van der Waals surface area contributed by atoms with Crippen LogP contribution in [-0.4, -0.2) is 12.0 Å². The average molecular weight is 318 g/mol. The van der Waals surface area contributed by atoms with Crippen molar-refractivity contribution >= 4 is 27.5 Å². The first kappa shape index (κ1) is 12.2. The van der Waals surface area contributed by atoms with Gasteiger partial charge >= 0.3 is 0 Å². The number of nitrogens with one attached hydrogen (secondary N) is 1. The Balaban J connectivity index is 1.72. The molecule has 1 atom stereocenters. The quantitative estimate of drug-likeness (QED) is 0.922. The van der Waals surface area contributed by atoms with Crippen molar-refractivity contribution in [2.45, 2.75) is 12.5 Å². The van der Waals surface area contributed by atoms with Crippen molar-refractivity contribution in [3.63, 3.8) is 0 Å². The second-order valence-corrected chi connectivity index (χ2v) is 5.24. The van der Waals surface area contributed by atoms with Crippen LogP contribution in [0, 0.1) is 0 Å². The smallest absolute Gasteiger partial charge is 0.265 e. The van der Waals surface area contributed by atoms with Crippen molar-refractivity contribution in [1.82, 2.24) is 0 Å². The normalized spacial score (nSPS) is 16.6. The van der Waals surface area contributed by atoms with Gasteiger partial charge < -0.3 is 10.1 Å². The van der Waals surface area contributed by atoms with Crippen molar-refractivity contribution in [2.24, 2.45) is 0 Å². The maximum atomic E-state index is 12.2. The zero-order valence-electron chi connectivity index (χ0n) is 10.1. The average Bonchev–Trinajstić information content (AvgIpc) is 2.85. The van der Waals surface area contributed by atoms with E-state index in [1.165, 1.54) is 0 Å². The van der Waals surface area contributed by atoms with Crippen LogP contribution in [0.4, 0.5) is 5.69 Å². The molecule has 1 aliphatic heterocycles. The van der Waals surface area contributed by atoms with Gasteiger partial charge in [0.05, 0.1) is 5.69 Å². The summed E-state index contributed by atoms with van der Waals surface area (Å²) in [6, 6.07) is 15.3. The fourth-order valence-corrected chi connectivity index (χ4v) is 2.49. The summed E-state index contributed by atoms with van der Waals surface area (Å²) in [7, 11) is 0. The number of carbonyl (C=O) groups excluding carboxylic acids is 1. The third-order valence-electron chi connectivity index (χ3n) is 3.07. The molecule has 0 saturated carbocycles. The number of amides is 1. The fraction of sp³-hybridized carbons (Fsp3) is 0.133. The molecule has 1 amide bonds. The van der Waals surface area contributed by atoms with E-state index in [-0.39, 0.29) is 5.91 Å². The highest BCUT2D eigenvalue weighted by Crippen LogP contribution is 2.29. The van der Waals surface area contributed by atoms with Crippen LogP contribution in [0.2, 0.25) is 0 Å². The lowest BCUT2D eigenvalue weighted by molar-refractivity contribution is -0.122. The fourth-order valence-electron chi connectivity index (χ4n) is 2.10. The van der Waals surface area contributed by atoms with Crippen molar-refractivity contribution in [2.75, 3.05) is 5.32 Å². The van der Waals surface area contributed by atoms with Crippen molar-refractivity contribution < 1.29 is 9.53 Å². The summed E-state index contributed by atoms with van der Waals surface area (Å²) in [5.74, 6) is 0.679. The molecule has 0 spiro atoms. The predicted molar refractivity (Wildman–Crippen MR) is 77.3 cm³/mol. The Bertz CT molecular complexity index is 602. The number of hydrogen-bond donors (Lipinski definition) is 1. The first-order chi connectivity index (χ1) is 9.24. The Morgan fingerprint density at radius 1 is 1.16 bits per heavy atom. The predicted octanol–water partition coefficient (Wildman–Crippen LogP) is 3.39. The van der Waals surface area contributed by atoms with Crippen LogP contribution in [0.1, 0.15) is 5.56 Å². The van der Waals surface area contributed by atoms with Crippen LogP contribution in [-0.2, 0) is 11.2 Å². The molecule has 0 fully saturated rings. The van der Waals surface area contributed by atoms with Crippen LogP contribution in [0.5, 0.6) is 5.75 Å². The largest absolute Gasteiger partial charge is 0.480 e. The number of rotatable bonds is 2. The van der Waals surface area contributed by atoms with Crippen molar-refractivity contribution in [1.29, 1.82) is 0 Å². The summed E-state index contributed by atoms with van der Waals surface area (Å²) >= 11 is 3.41. The van der Waals surface area contributed by atoms with Crippen LogP contribution >= 0.6 is 15.9 Å². The summed E-state index contributed by atoms with van der Waals surface area (Å²) in [6.45, 7) is 0. The minimum absolute atomic E-state index is 0.122. The van der Waals surface area contributed by atoms with Crippen molar-refractivity contribution in [3.05, 3.63) is 58.6 Å². The molecule has 0 radical (unpaired) electrons. The van der Waals surface area contributed by atoms with Crippen LogP contribution in [0.15, 0.2) is 53.0 Å². The molecule has 2 aromatic rings. The van der Waals surface area contributed by atoms with Gasteiger partial charge in [0.1, 0.15) is 5.75 Å². The van der Waals surface area contributed by atoms with Gasteiger partial charge in [0.15, 0.2) is 6.10 Å². The molecule has 0 aromatic heterocycles. The third-order valence-corrected chi connectivity index (χ3v) is 3.76. The first-order valence-corrected chi connectivity index (χ1v) is 6.83. The van der Waals surface area contributed by atoms with E-state index in [4.69, 9.17) is 4.74 Å². The minimum Gasteiger partial charge on any atom is -0.480 e. The lowest BCUT2D eigenvalue weighted by atomic mass is 10.1. The summed E-state index contributed by atoms with van der Waals surface area (Å²) in [5, 5.41) is 2.88. The summed E-state index contributed by atoms with van der Waals surface area (Å²) in [6.07, 6.45) is 0.163. The number of hydrogen-bond acceptors (Lipinski definition) is 2. The van der Waals surface area contributed by atoms with E-state index < -0.39 is 6.10 Å². The first-order valence-electron chi connectivity index (χ1n) is 6.04.